The third-order valence-corrected chi connectivity index (χ3v) is 11.9. The normalized spacial score (nSPS) is 15.6. The molecule has 0 bridgehead atoms. The first-order valence-corrected chi connectivity index (χ1v) is 20.6. The highest BCUT2D eigenvalue weighted by molar-refractivity contribution is 7.22. The number of carboxylic acid groups (broad SMARTS) is 1. The third-order valence-electron chi connectivity index (χ3n) is 11.0. The highest BCUT2D eigenvalue weighted by Gasteiger charge is 2.29. The van der Waals surface area contributed by atoms with Crippen LogP contribution in [0.4, 0.5) is 10.9 Å². The number of nitrogens with one attached hydrogen (secondary N) is 1. The Morgan fingerprint density at radius 2 is 1.72 bits per heavy atom. The fraction of sp³-hybridized carbons (Fsp3) is 0.400. The third kappa shape index (κ3) is 9.29. The highest BCUT2D eigenvalue weighted by atomic mass is 32.1. The molecule has 0 spiro atoms. The Kier molecular flexibility index (Phi) is 11.9. The summed E-state index contributed by atoms with van der Waals surface area (Å²) in [6.45, 7) is 12.6. The van der Waals surface area contributed by atoms with E-state index in [1.54, 1.807) is 6.92 Å². The number of aromatic nitrogens is 2. The first kappa shape index (κ1) is 39.9. The average Bonchev–Trinajstić information content (AvgIpc) is 3.61. The lowest BCUT2D eigenvalue weighted by atomic mass is 9.91. The molecule has 0 saturated carbocycles. The Morgan fingerprint density at radius 1 is 0.947 bits per heavy atom. The van der Waals surface area contributed by atoms with Gasteiger partial charge in [0.25, 0.3) is 5.91 Å². The average molecular weight is 790 g/mol. The predicted molar refractivity (Wildman–Crippen MR) is 224 cm³/mol. The number of carbonyl (C=O) groups excluding carboxylic acids is 2. The number of hydrogen-bond acceptors (Lipinski definition) is 10. The molecule has 11 nitrogen and oxygen atoms in total. The zero-order chi connectivity index (χ0) is 40.3. The predicted octanol–water partition coefficient (Wildman–Crippen LogP) is 8.78. The molecule has 0 radical (unpaired) electrons. The number of piperidine rings is 1. The van der Waals surface area contributed by atoms with E-state index in [0.717, 1.165) is 77.0 Å². The van der Waals surface area contributed by atoms with Crippen molar-refractivity contribution >= 4 is 50.3 Å². The van der Waals surface area contributed by atoms with Gasteiger partial charge in [0, 0.05) is 24.2 Å². The number of benzene rings is 3. The number of pyridine rings is 1. The summed E-state index contributed by atoms with van der Waals surface area (Å²) in [5, 5.41) is 12.9. The minimum atomic E-state index is -0.767. The van der Waals surface area contributed by atoms with Crippen LogP contribution in [0.15, 0.2) is 72.8 Å². The molecule has 12 heteroatoms. The summed E-state index contributed by atoms with van der Waals surface area (Å²) in [4.78, 5) is 52.7. The molecule has 0 aliphatic carbocycles. The largest absolute Gasteiger partial charge is 0.493 e. The molecular weight excluding hydrogens is 739 g/mol. The summed E-state index contributed by atoms with van der Waals surface area (Å²) in [6.07, 6.45) is 4.62. The van der Waals surface area contributed by atoms with Crippen molar-refractivity contribution in [2.24, 2.45) is 5.92 Å². The molecule has 4 heterocycles. The van der Waals surface area contributed by atoms with Crippen molar-refractivity contribution < 1.29 is 29.0 Å². The van der Waals surface area contributed by atoms with Crippen LogP contribution in [0.1, 0.15) is 90.9 Å². The van der Waals surface area contributed by atoms with Gasteiger partial charge >= 0.3 is 11.9 Å². The Labute approximate surface area is 338 Å². The number of para-hydroxylation sites is 1. The molecule has 5 aromatic rings. The summed E-state index contributed by atoms with van der Waals surface area (Å²) in [7, 11) is 0. The lowest BCUT2D eigenvalue weighted by Crippen LogP contribution is -2.43. The van der Waals surface area contributed by atoms with Crippen molar-refractivity contribution in [3.05, 3.63) is 101 Å². The van der Waals surface area contributed by atoms with E-state index in [1.807, 2.05) is 99.3 Å². The van der Waals surface area contributed by atoms with E-state index in [0.29, 0.717) is 54.1 Å². The second-order valence-electron chi connectivity index (χ2n) is 16.0. The number of anilines is 2. The van der Waals surface area contributed by atoms with Gasteiger partial charge < -0.3 is 19.5 Å². The van der Waals surface area contributed by atoms with Crippen LogP contribution in [-0.2, 0) is 22.5 Å². The smallest absolute Gasteiger partial charge is 0.358 e. The van der Waals surface area contributed by atoms with Gasteiger partial charge in [0.05, 0.1) is 16.8 Å². The molecule has 298 valence electrons. The molecule has 2 N–H and O–H groups in total. The van der Waals surface area contributed by atoms with Crippen LogP contribution in [-0.4, -0.2) is 75.7 Å². The van der Waals surface area contributed by atoms with Gasteiger partial charge in [-0.05, 0) is 144 Å². The summed E-state index contributed by atoms with van der Waals surface area (Å²) >= 11 is 1.45. The second kappa shape index (κ2) is 17.0. The zero-order valence-corrected chi connectivity index (χ0v) is 34.2. The Bertz CT molecular complexity index is 2240. The zero-order valence-electron chi connectivity index (χ0n) is 33.3. The summed E-state index contributed by atoms with van der Waals surface area (Å²) in [6, 6.07) is 22.9. The van der Waals surface area contributed by atoms with Gasteiger partial charge in [-0.1, -0.05) is 47.7 Å². The Hall–Kier alpha value is -5.33. The summed E-state index contributed by atoms with van der Waals surface area (Å²) in [5.74, 6) is 0.441. The monoisotopic (exact) mass is 789 g/mol. The van der Waals surface area contributed by atoms with Gasteiger partial charge in [0.1, 0.15) is 23.2 Å². The van der Waals surface area contributed by atoms with Crippen molar-refractivity contribution in [3.8, 4) is 16.9 Å². The lowest BCUT2D eigenvalue weighted by Gasteiger charge is -2.34. The van der Waals surface area contributed by atoms with Gasteiger partial charge in [-0.2, -0.15) is 0 Å². The number of thiazole rings is 1. The van der Waals surface area contributed by atoms with Crippen molar-refractivity contribution in [2.45, 2.75) is 84.9 Å². The van der Waals surface area contributed by atoms with Gasteiger partial charge in [-0.15, -0.1) is 0 Å². The van der Waals surface area contributed by atoms with Gasteiger partial charge in [0.15, 0.2) is 10.8 Å². The quantitative estimate of drug-likeness (QED) is 0.0934. The molecule has 0 unspecified atom stereocenters. The number of hydrogen-bond donors (Lipinski definition) is 2. The van der Waals surface area contributed by atoms with E-state index in [2.05, 4.69) is 21.3 Å². The number of fused-ring (bicyclic) bond motifs is 2. The molecule has 3 aromatic carbocycles. The van der Waals surface area contributed by atoms with Crippen molar-refractivity contribution in [2.75, 3.05) is 36.5 Å². The number of likely N-dealkylation sites (tertiary alicyclic amines) is 1. The Balaban J connectivity index is 1.08. The van der Waals surface area contributed by atoms with E-state index < -0.39 is 23.6 Å². The van der Waals surface area contributed by atoms with Crippen LogP contribution in [0.3, 0.4) is 0 Å². The highest BCUT2D eigenvalue weighted by Crippen LogP contribution is 2.36. The molecule has 57 heavy (non-hydrogen) atoms. The second-order valence-corrected chi connectivity index (χ2v) is 17.1. The molecule has 2 aromatic heterocycles. The first-order valence-electron chi connectivity index (χ1n) is 19.8. The standard InChI is InChI=1S/C45H51N5O6S/c1-28-32(13-9-16-37(28)55-26-10-11-30-20-23-49(24-21-30)29(2)42(52)53)33-18-19-39(47-40(33)43(54)56-45(3,4)5)50-25-22-31-12-8-14-34(35(31)27-50)41(51)48-44-46-36-15-6-7-17-38(36)57-44/h6-9,12-19,29-30H,10-11,20-27H2,1-5H3,(H,52,53)(H,46,48,51)/t29-/m0/s1. The van der Waals surface area contributed by atoms with Crippen LogP contribution < -0.4 is 15.0 Å². The molecular formula is C45H51N5O6S. The minimum absolute atomic E-state index is 0.212. The van der Waals surface area contributed by atoms with E-state index in [1.165, 1.54) is 11.3 Å². The van der Waals surface area contributed by atoms with Crippen LogP contribution in [0.2, 0.25) is 0 Å². The SMILES string of the molecule is Cc1c(OCCCC2CCN([C@@H](C)C(=O)O)CC2)cccc1-c1ccc(N2CCc3cccc(C(=O)Nc4nc5ccccc5s4)c3C2)nc1C(=O)OC(C)(C)C. The molecule has 7 rings (SSSR count). The number of amides is 1. The van der Waals surface area contributed by atoms with Crippen LogP contribution >= 0.6 is 11.3 Å². The fourth-order valence-electron chi connectivity index (χ4n) is 7.81. The molecule has 1 fully saturated rings. The van der Waals surface area contributed by atoms with E-state index in [-0.39, 0.29) is 11.6 Å². The van der Waals surface area contributed by atoms with Gasteiger partial charge in [-0.25, -0.2) is 14.8 Å². The maximum absolute atomic E-state index is 13.9. The van der Waals surface area contributed by atoms with E-state index in [9.17, 15) is 19.5 Å². The molecule has 1 saturated heterocycles. The van der Waals surface area contributed by atoms with Crippen molar-refractivity contribution in [1.29, 1.82) is 0 Å². The van der Waals surface area contributed by atoms with Crippen molar-refractivity contribution in [3.63, 3.8) is 0 Å². The number of carbonyl (C=O) groups is 3. The number of nitrogens with zero attached hydrogens (tertiary/aromatic N) is 4. The molecule has 2 aliphatic rings. The lowest BCUT2D eigenvalue weighted by molar-refractivity contribution is -0.143. The number of carboxylic acids is 1. The van der Waals surface area contributed by atoms with Crippen LogP contribution in [0, 0.1) is 12.8 Å². The summed E-state index contributed by atoms with van der Waals surface area (Å²) in [5.41, 5.74) is 5.36. The van der Waals surface area contributed by atoms with Crippen LogP contribution in [0.5, 0.6) is 5.75 Å². The number of esters is 1. The Morgan fingerprint density at radius 3 is 2.47 bits per heavy atom. The summed E-state index contributed by atoms with van der Waals surface area (Å²) < 4.78 is 13.2. The van der Waals surface area contributed by atoms with Crippen LogP contribution in [0.25, 0.3) is 21.3 Å². The van der Waals surface area contributed by atoms with E-state index in [4.69, 9.17) is 14.5 Å². The molecule has 1 atom stereocenters. The van der Waals surface area contributed by atoms with Crippen molar-refractivity contribution in [1.82, 2.24) is 14.9 Å². The fourth-order valence-corrected chi connectivity index (χ4v) is 8.67. The maximum atomic E-state index is 13.9. The van der Waals surface area contributed by atoms with Gasteiger partial charge in [0.2, 0.25) is 0 Å². The van der Waals surface area contributed by atoms with E-state index >= 15 is 0 Å². The minimum Gasteiger partial charge on any atom is -0.493 e. The molecule has 1 amide bonds. The first-order chi connectivity index (χ1) is 27.3. The maximum Gasteiger partial charge on any atom is 0.358 e. The number of aliphatic carboxylic acids is 1. The number of rotatable bonds is 12. The van der Waals surface area contributed by atoms with Gasteiger partial charge in [-0.3, -0.25) is 19.8 Å². The topological polar surface area (TPSA) is 134 Å². The number of ether oxygens (including phenoxy) is 2. The molecule has 2 aliphatic heterocycles.